The van der Waals surface area contributed by atoms with E-state index in [1.54, 1.807) is 18.3 Å². The first kappa shape index (κ1) is 15.8. The van der Waals surface area contributed by atoms with Crippen LogP contribution < -0.4 is 10.1 Å². The maximum absolute atomic E-state index is 12.6. The number of amides is 1. The molecular formula is C18H25N3O3. The summed E-state index contributed by atoms with van der Waals surface area (Å²) in [5, 5.41) is 3.15. The average molecular weight is 331 g/mol. The molecule has 3 heterocycles. The molecule has 130 valence electrons. The van der Waals surface area contributed by atoms with Crippen molar-refractivity contribution in [2.24, 2.45) is 5.92 Å². The van der Waals surface area contributed by atoms with Crippen molar-refractivity contribution in [1.29, 1.82) is 0 Å². The fourth-order valence-electron chi connectivity index (χ4n) is 3.84. The number of rotatable bonds is 5. The molecule has 1 aliphatic carbocycles. The highest BCUT2D eigenvalue weighted by molar-refractivity contribution is 5.96. The van der Waals surface area contributed by atoms with Crippen LogP contribution in [0, 0.1) is 5.92 Å². The molecule has 2 aliphatic heterocycles. The van der Waals surface area contributed by atoms with Gasteiger partial charge in [-0.2, -0.15) is 0 Å². The third-order valence-electron chi connectivity index (χ3n) is 5.22. The number of carbonyl (C=O) groups excluding carboxylic acids is 1. The molecule has 3 fully saturated rings. The number of hydrogen-bond acceptors (Lipinski definition) is 5. The van der Waals surface area contributed by atoms with E-state index in [1.165, 1.54) is 12.8 Å². The molecule has 3 atom stereocenters. The fraction of sp³-hybridized carbons (Fsp3) is 0.667. The zero-order valence-electron chi connectivity index (χ0n) is 14.1. The summed E-state index contributed by atoms with van der Waals surface area (Å²) in [5.41, 5.74) is 0.510. The van der Waals surface area contributed by atoms with Gasteiger partial charge in [0, 0.05) is 31.4 Å². The Labute approximate surface area is 142 Å². The van der Waals surface area contributed by atoms with Crippen molar-refractivity contribution in [1.82, 2.24) is 15.2 Å². The molecular weight excluding hydrogens is 306 g/mol. The standard InChI is InChI=1S/C18H25N3O3/c1-2-23-18-15(4-3-7-19-18)17(22)20-13-8-14-11-24-16(12-5-6-12)10-21(14)9-13/h3-4,7,12-14,16H,2,5-6,8-11H2,1H3,(H,20,22)/t13-,14+,16+/m1/s1. The van der Waals surface area contributed by atoms with Crippen LogP contribution in [-0.4, -0.2) is 60.3 Å². The first-order valence-corrected chi connectivity index (χ1v) is 8.99. The Morgan fingerprint density at radius 2 is 2.33 bits per heavy atom. The van der Waals surface area contributed by atoms with Crippen LogP contribution in [0.25, 0.3) is 0 Å². The monoisotopic (exact) mass is 331 g/mol. The van der Waals surface area contributed by atoms with Gasteiger partial charge in [-0.25, -0.2) is 4.98 Å². The number of ether oxygens (including phenoxy) is 2. The highest BCUT2D eigenvalue weighted by Crippen LogP contribution is 2.37. The highest BCUT2D eigenvalue weighted by Gasteiger charge is 2.42. The second-order valence-electron chi connectivity index (χ2n) is 7.01. The van der Waals surface area contributed by atoms with Gasteiger partial charge in [0.25, 0.3) is 5.91 Å². The number of morpholine rings is 1. The molecule has 0 spiro atoms. The van der Waals surface area contributed by atoms with E-state index in [-0.39, 0.29) is 11.9 Å². The summed E-state index contributed by atoms with van der Waals surface area (Å²) in [6, 6.07) is 4.13. The summed E-state index contributed by atoms with van der Waals surface area (Å²) in [4.78, 5) is 19.3. The first-order valence-electron chi connectivity index (χ1n) is 8.99. The molecule has 24 heavy (non-hydrogen) atoms. The van der Waals surface area contributed by atoms with Crippen LogP contribution in [0.4, 0.5) is 0 Å². The van der Waals surface area contributed by atoms with Gasteiger partial charge in [0.2, 0.25) is 5.88 Å². The third-order valence-corrected chi connectivity index (χ3v) is 5.22. The first-order chi connectivity index (χ1) is 11.7. The molecule has 2 saturated heterocycles. The van der Waals surface area contributed by atoms with Crippen molar-refractivity contribution in [3.8, 4) is 5.88 Å². The lowest BCUT2D eigenvalue weighted by atomic mass is 10.1. The van der Waals surface area contributed by atoms with Crippen LogP contribution >= 0.6 is 0 Å². The Balaban J connectivity index is 1.37. The zero-order chi connectivity index (χ0) is 16.5. The maximum atomic E-state index is 12.6. The summed E-state index contributed by atoms with van der Waals surface area (Å²) in [6.45, 7) is 5.11. The van der Waals surface area contributed by atoms with E-state index in [2.05, 4.69) is 15.2 Å². The molecule has 1 N–H and O–H groups in total. The molecule has 0 radical (unpaired) electrons. The summed E-state index contributed by atoms with van der Waals surface area (Å²) in [5.74, 6) is 1.07. The predicted molar refractivity (Wildman–Crippen MR) is 89.1 cm³/mol. The number of hydrogen-bond donors (Lipinski definition) is 1. The Hall–Kier alpha value is -1.66. The van der Waals surface area contributed by atoms with Gasteiger partial charge in [0.05, 0.1) is 19.3 Å². The fourth-order valence-corrected chi connectivity index (χ4v) is 3.84. The summed E-state index contributed by atoms with van der Waals surface area (Å²) in [7, 11) is 0. The van der Waals surface area contributed by atoms with E-state index in [9.17, 15) is 4.79 Å². The van der Waals surface area contributed by atoms with Gasteiger partial charge >= 0.3 is 0 Å². The van der Waals surface area contributed by atoms with Gasteiger partial charge < -0.3 is 14.8 Å². The minimum Gasteiger partial charge on any atom is -0.477 e. The minimum atomic E-state index is -0.101. The number of nitrogens with zero attached hydrogens (tertiary/aromatic N) is 2. The lowest BCUT2D eigenvalue weighted by Gasteiger charge is -2.35. The maximum Gasteiger partial charge on any atom is 0.257 e. The number of fused-ring (bicyclic) bond motifs is 1. The Morgan fingerprint density at radius 3 is 3.12 bits per heavy atom. The summed E-state index contributed by atoms with van der Waals surface area (Å²) < 4.78 is 11.5. The molecule has 4 rings (SSSR count). The number of carbonyl (C=O) groups is 1. The normalized spacial score (nSPS) is 30.0. The van der Waals surface area contributed by atoms with Crippen molar-refractivity contribution in [3.63, 3.8) is 0 Å². The van der Waals surface area contributed by atoms with E-state index in [4.69, 9.17) is 9.47 Å². The smallest absolute Gasteiger partial charge is 0.257 e. The Morgan fingerprint density at radius 1 is 1.46 bits per heavy atom. The molecule has 3 aliphatic rings. The van der Waals surface area contributed by atoms with Gasteiger partial charge in [-0.15, -0.1) is 0 Å². The van der Waals surface area contributed by atoms with Crippen molar-refractivity contribution < 1.29 is 14.3 Å². The number of aromatic nitrogens is 1. The van der Waals surface area contributed by atoms with Gasteiger partial charge in [-0.1, -0.05) is 0 Å². The lowest BCUT2D eigenvalue weighted by molar-refractivity contribution is -0.0581. The summed E-state index contributed by atoms with van der Waals surface area (Å²) >= 11 is 0. The minimum absolute atomic E-state index is 0.101. The zero-order valence-corrected chi connectivity index (χ0v) is 14.1. The quantitative estimate of drug-likeness (QED) is 0.885. The van der Waals surface area contributed by atoms with Crippen molar-refractivity contribution in [2.45, 2.75) is 44.4 Å². The van der Waals surface area contributed by atoms with Crippen LogP contribution in [0.5, 0.6) is 5.88 Å². The number of pyridine rings is 1. The molecule has 6 nitrogen and oxygen atoms in total. The van der Waals surface area contributed by atoms with Crippen LogP contribution in [0.1, 0.15) is 36.5 Å². The van der Waals surface area contributed by atoms with Gasteiger partial charge in [0.1, 0.15) is 5.56 Å². The van der Waals surface area contributed by atoms with Crippen LogP contribution in [0.3, 0.4) is 0 Å². The molecule has 6 heteroatoms. The van der Waals surface area contributed by atoms with Crippen molar-refractivity contribution >= 4 is 5.91 Å². The molecule has 1 amide bonds. The lowest BCUT2D eigenvalue weighted by Crippen LogP contribution is -2.47. The Bertz CT molecular complexity index is 605. The predicted octanol–water partition coefficient (Wildman–Crippen LogP) is 1.46. The largest absolute Gasteiger partial charge is 0.477 e. The van der Waals surface area contributed by atoms with Crippen LogP contribution in [0.15, 0.2) is 18.3 Å². The van der Waals surface area contributed by atoms with E-state index >= 15 is 0 Å². The molecule has 1 aromatic rings. The number of nitrogens with one attached hydrogen (secondary N) is 1. The van der Waals surface area contributed by atoms with Gasteiger partial charge in [-0.3, -0.25) is 9.69 Å². The van der Waals surface area contributed by atoms with Crippen LogP contribution in [-0.2, 0) is 4.74 Å². The second-order valence-corrected chi connectivity index (χ2v) is 7.01. The van der Waals surface area contributed by atoms with E-state index in [0.717, 1.165) is 32.0 Å². The second kappa shape index (κ2) is 6.69. The SMILES string of the molecule is CCOc1ncccc1C(=O)N[C@@H]1C[C@H]2CO[C@H](C3CC3)CN2C1. The molecule has 0 bridgehead atoms. The van der Waals surface area contributed by atoms with Crippen molar-refractivity contribution in [2.75, 3.05) is 26.3 Å². The average Bonchev–Trinajstić information content (AvgIpc) is 3.36. The van der Waals surface area contributed by atoms with E-state index < -0.39 is 0 Å². The highest BCUT2D eigenvalue weighted by atomic mass is 16.5. The van der Waals surface area contributed by atoms with Crippen molar-refractivity contribution in [3.05, 3.63) is 23.9 Å². The van der Waals surface area contributed by atoms with Crippen LogP contribution in [0.2, 0.25) is 0 Å². The van der Waals surface area contributed by atoms with Gasteiger partial charge in [0.15, 0.2) is 0 Å². The molecule has 0 aromatic carbocycles. The molecule has 1 saturated carbocycles. The Kier molecular flexibility index (Phi) is 4.41. The third kappa shape index (κ3) is 3.26. The molecule has 0 unspecified atom stereocenters. The molecule has 1 aromatic heterocycles. The topological polar surface area (TPSA) is 63.7 Å². The summed E-state index contributed by atoms with van der Waals surface area (Å²) in [6.07, 6.45) is 5.62. The van der Waals surface area contributed by atoms with Gasteiger partial charge in [-0.05, 0) is 44.2 Å². The van der Waals surface area contributed by atoms with E-state index in [0.29, 0.717) is 30.2 Å². The van der Waals surface area contributed by atoms with E-state index in [1.807, 2.05) is 6.92 Å².